The van der Waals surface area contributed by atoms with Gasteiger partial charge < -0.3 is 14.2 Å². The molecule has 1 rings (SSSR count). The summed E-state index contributed by atoms with van der Waals surface area (Å²) >= 11 is 0. The molecule has 1 aliphatic rings. The molecule has 15 heavy (non-hydrogen) atoms. The Labute approximate surface area is 94.3 Å². The third-order valence-electron chi connectivity index (χ3n) is 3.60. The minimum absolute atomic E-state index is 0.0881. The van der Waals surface area contributed by atoms with Crippen molar-refractivity contribution >= 4 is 7.12 Å². The van der Waals surface area contributed by atoms with Crippen LogP contribution in [0.15, 0.2) is 0 Å². The molecular weight excluding hydrogens is 189 g/mol. The number of hydrogen-bond donors (Lipinski definition) is 0. The predicted molar refractivity (Wildman–Crippen MR) is 63.9 cm³/mol. The average molecular weight is 213 g/mol. The molecule has 1 fully saturated rings. The lowest BCUT2D eigenvalue weighted by atomic mass is 9.89. The zero-order valence-corrected chi connectivity index (χ0v) is 11.0. The standard InChI is InChI=1S/C11H24BNO2/c1-7-13(8-2)9-12-14-10(3,4)11(5,6)15-12/h7-9H2,1-6H3. The minimum Gasteiger partial charge on any atom is -0.402 e. The molecule has 0 spiro atoms. The average Bonchev–Trinajstić information content (AvgIpc) is 2.31. The van der Waals surface area contributed by atoms with Gasteiger partial charge in [-0.1, -0.05) is 13.8 Å². The molecule has 0 unspecified atom stereocenters. The van der Waals surface area contributed by atoms with Crippen LogP contribution in [0.3, 0.4) is 0 Å². The molecule has 0 aromatic heterocycles. The van der Waals surface area contributed by atoms with E-state index in [1.807, 2.05) is 0 Å². The van der Waals surface area contributed by atoms with Gasteiger partial charge in [0.25, 0.3) is 0 Å². The second-order valence-electron chi connectivity index (χ2n) is 5.17. The molecule has 0 aliphatic carbocycles. The molecule has 0 aromatic rings. The summed E-state index contributed by atoms with van der Waals surface area (Å²) in [4.78, 5) is 2.32. The van der Waals surface area contributed by atoms with Crippen molar-refractivity contribution in [3.63, 3.8) is 0 Å². The summed E-state index contributed by atoms with van der Waals surface area (Å²) in [6.45, 7) is 14.8. The molecule has 0 N–H and O–H groups in total. The first-order chi connectivity index (χ1) is 6.82. The lowest BCUT2D eigenvalue weighted by Gasteiger charge is -2.32. The number of hydrogen-bond acceptors (Lipinski definition) is 3. The van der Waals surface area contributed by atoms with Crippen LogP contribution in [-0.2, 0) is 9.31 Å². The summed E-state index contributed by atoms with van der Waals surface area (Å²) in [5, 5.41) is 0. The molecule has 0 aromatic carbocycles. The van der Waals surface area contributed by atoms with Crippen LogP contribution in [0.2, 0.25) is 0 Å². The molecule has 1 saturated heterocycles. The van der Waals surface area contributed by atoms with Crippen molar-refractivity contribution in [1.29, 1.82) is 0 Å². The van der Waals surface area contributed by atoms with Crippen LogP contribution in [0.4, 0.5) is 0 Å². The summed E-state index contributed by atoms with van der Waals surface area (Å²) < 4.78 is 11.9. The Kier molecular flexibility index (Phi) is 3.85. The van der Waals surface area contributed by atoms with Gasteiger partial charge in [0.05, 0.1) is 11.2 Å². The number of nitrogens with zero attached hydrogens (tertiary/aromatic N) is 1. The van der Waals surface area contributed by atoms with Crippen LogP contribution in [0, 0.1) is 0 Å². The third-order valence-corrected chi connectivity index (χ3v) is 3.60. The maximum atomic E-state index is 5.93. The fourth-order valence-corrected chi connectivity index (χ4v) is 1.73. The molecule has 0 radical (unpaired) electrons. The van der Waals surface area contributed by atoms with Gasteiger partial charge in [0.15, 0.2) is 0 Å². The van der Waals surface area contributed by atoms with E-state index in [9.17, 15) is 0 Å². The van der Waals surface area contributed by atoms with Crippen molar-refractivity contribution in [3.8, 4) is 0 Å². The summed E-state index contributed by atoms with van der Waals surface area (Å²) in [5.74, 6) is 0. The van der Waals surface area contributed by atoms with Crippen molar-refractivity contribution in [3.05, 3.63) is 0 Å². The van der Waals surface area contributed by atoms with E-state index in [-0.39, 0.29) is 18.3 Å². The van der Waals surface area contributed by atoms with E-state index in [1.54, 1.807) is 0 Å². The van der Waals surface area contributed by atoms with Crippen molar-refractivity contribution in [2.24, 2.45) is 0 Å². The van der Waals surface area contributed by atoms with E-state index in [0.29, 0.717) is 0 Å². The van der Waals surface area contributed by atoms with Gasteiger partial charge in [-0.25, -0.2) is 0 Å². The third kappa shape index (κ3) is 2.74. The molecule has 88 valence electrons. The minimum atomic E-state index is -0.204. The van der Waals surface area contributed by atoms with Gasteiger partial charge in [0.2, 0.25) is 0 Å². The topological polar surface area (TPSA) is 21.7 Å². The van der Waals surface area contributed by atoms with Crippen LogP contribution < -0.4 is 0 Å². The first-order valence-corrected chi connectivity index (χ1v) is 5.90. The lowest BCUT2D eigenvalue weighted by molar-refractivity contribution is 0.00578. The number of rotatable bonds is 4. The van der Waals surface area contributed by atoms with Crippen LogP contribution in [0.25, 0.3) is 0 Å². The molecule has 4 heteroatoms. The first-order valence-electron chi connectivity index (χ1n) is 5.90. The summed E-state index contributed by atoms with van der Waals surface area (Å²) in [6, 6.07) is 0. The fraction of sp³-hybridized carbons (Fsp3) is 1.00. The van der Waals surface area contributed by atoms with E-state index in [4.69, 9.17) is 9.31 Å². The predicted octanol–water partition coefficient (Wildman–Crippen LogP) is 1.96. The van der Waals surface area contributed by atoms with Gasteiger partial charge in [-0.2, -0.15) is 0 Å². The first kappa shape index (κ1) is 13.0. The molecule has 0 bridgehead atoms. The molecule has 1 aliphatic heterocycles. The molecule has 0 amide bonds. The van der Waals surface area contributed by atoms with Gasteiger partial charge in [-0.05, 0) is 40.8 Å². The smallest absolute Gasteiger partial charge is 0.402 e. The van der Waals surface area contributed by atoms with Gasteiger partial charge >= 0.3 is 7.12 Å². The summed E-state index contributed by atoms with van der Waals surface area (Å²) in [6.07, 6.45) is 0.861. The molecule has 3 nitrogen and oxygen atoms in total. The second-order valence-corrected chi connectivity index (χ2v) is 5.17. The van der Waals surface area contributed by atoms with Crippen molar-refractivity contribution < 1.29 is 9.31 Å². The van der Waals surface area contributed by atoms with Crippen LogP contribution in [0.5, 0.6) is 0 Å². The lowest BCUT2D eigenvalue weighted by Crippen LogP contribution is -2.41. The second kappa shape index (κ2) is 4.44. The Morgan fingerprint density at radius 2 is 1.33 bits per heavy atom. The van der Waals surface area contributed by atoms with Crippen molar-refractivity contribution in [1.82, 2.24) is 4.90 Å². The highest BCUT2D eigenvalue weighted by atomic mass is 16.7. The largest absolute Gasteiger partial charge is 0.472 e. The van der Waals surface area contributed by atoms with E-state index in [2.05, 4.69) is 46.4 Å². The van der Waals surface area contributed by atoms with E-state index in [1.165, 1.54) is 0 Å². The van der Waals surface area contributed by atoms with Gasteiger partial charge in [0.1, 0.15) is 0 Å². The zero-order chi connectivity index (χ0) is 11.7. The zero-order valence-electron chi connectivity index (χ0n) is 11.0. The summed E-state index contributed by atoms with van der Waals surface area (Å²) in [7, 11) is -0.0881. The molecule has 0 atom stereocenters. The molecule has 1 heterocycles. The maximum absolute atomic E-state index is 5.93. The fourth-order valence-electron chi connectivity index (χ4n) is 1.73. The highest BCUT2D eigenvalue weighted by Gasteiger charge is 2.51. The van der Waals surface area contributed by atoms with Gasteiger partial charge in [-0.15, -0.1) is 0 Å². The van der Waals surface area contributed by atoms with Crippen molar-refractivity contribution in [2.45, 2.75) is 52.7 Å². The summed E-state index contributed by atoms with van der Waals surface area (Å²) in [5.41, 5.74) is -0.407. The van der Waals surface area contributed by atoms with E-state index >= 15 is 0 Å². The normalized spacial score (nSPS) is 23.8. The Bertz CT molecular complexity index is 199. The quantitative estimate of drug-likeness (QED) is 0.666. The SMILES string of the molecule is CCN(CC)CB1OC(C)(C)C(C)(C)O1. The maximum Gasteiger partial charge on any atom is 0.472 e. The highest BCUT2D eigenvalue weighted by molar-refractivity contribution is 6.45. The van der Waals surface area contributed by atoms with Crippen molar-refractivity contribution in [2.75, 3.05) is 19.5 Å². The Balaban J connectivity index is 2.55. The molecule has 0 saturated carbocycles. The van der Waals surface area contributed by atoms with E-state index in [0.717, 1.165) is 19.5 Å². The van der Waals surface area contributed by atoms with Crippen LogP contribution >= 0.6 is 0 Å². The van der Waals surface area contributed by atoms with Gasteiger partial charge in [0, 0.05) is 6.44 Å². The Hall–Kier alpha value is -0.0551. The highest BCUT2D eigenvalue weighted by Crippen LogP contribution is 2.36. The van der Waals surface area contributed by atoms with Crippen LogP contribution in [-0.4, -0.2) is 42.8 Å². The molecular formula is C11H24BNO2. The van der Waals surface area contributed by atoms with Gasteiger partial charge in [-0.3, -0.25) is 0 Å². The monoisotopic (exact) mass is 213 g/mol. The van der Waals surface area contributed by atoms with E-state index < -0.39 is 0 Å². The Morgan fingerprint density at radius 3 is 1.67 bits per heavy atom. The Morgan fingerprint density at radius 1 is 0.933 bits per heavy atom. The van der Waals surface area contributed by atoms with Crippen LogP contribution in [0.1, 0.15) is 41.5 Å².